The molecule has 3 nitrogen and oxygen atoms in total. The van der Waals surface area contributed by atoms with E-state index in [1.54, 1.807) is 0 Å². The second-order valence-corrected chi connectivity index (χ2v) is 6.82. The summed E-state index contributed by atoms with van der Waals surface area (Å²) in [5.74, 6) is 1.71. The van der Waals surface area contributed by atoms with Crippen molar-refractivity contribution in [1.29, 1.82) is 0 Å². The summed E-state index contributed by atoms with van der Waals surface area (Å²) in [5, 5.41) is 3.58. The molecule has 1 saturated heterocycles. The number of carbonyl (C=O) groups is 1. The van der Waals surface area contributed by atoms with Crippen molar-refractivity contribution < 1.29 is 4.79 Å². The lowest BCUT2D eigenvalue weighted by Gasteiger charge is -2.32. The summed E-state index contributed by atoms with van der Waals surface area (Å²) in [4.78, 5) is 14.8. The summed E-state index contributed by atoms with van der Waals surface area (Å²) in [6.45, 7) is 8.84. The van der Waals surface area contributed by atoms with Gasteiger partial charge in [0.05, 0.1) is 12.2 Å². The lowest BCUT2D eigenvalue weighted by atomic mass is 10.1. The van der Waals surface area contributed by atoms with Crippen LogP contribution < -0.4 is 5.32 Å². The van der Waals surface area contributed by atoms with Gasteiger partial charge < -0.3 is 4.90 Å². The van der Waals surface area contributed by atoms with Crippen LogP contribution in [0, 0.1) is 11.8 Å². The number of rotatable bonds is 7. The summed E-state index contributed by atoms with van der Waals surface area (Å²) >= 11 is 0. The van der Waals surface area contributed by atoms with E-state index in [9.17, 15) is 4.79 Å². The highest BCUT2D eigenvalue weighted by atomic mass is 16.2. The van der Waals surface area contributed by atoms with Gasteiger partial charge in [-0.1, -0.05) is 46.5 Å². The molecule has 3 atom stereocenters. The highest BCUT2D eigenvalue weighted by Gasteiger charge is 2.42. The van der Waals surface area contributed by atoms with Gasteiger partial charge in [0.15, 0.2) is 0 Å². The Morgan fingerprint density at radius 1 is 1.32 bits per heavy atom. The van der Waals surface area contributed by atoms with E-state index < -0.39 is 0 Å². The molecule has 0 aromatic rings. The zero-order valence-corrected chi connectivity index (χ0v) is 13.0. The Balaban J connectivity index is 2.01. The number of hydrogen-bond acceptors (Lipinski definition) is 2. The number of unbranched alkanes of at least 4 members (excludes halogenated alkanes) is 1. The Hall–Kier alpha value is -0.570. The van der Waals surface area contributed by atoms with Crippen molar-refractivity contribution in [2.45, 2.75) is 84.5 Å². The molecule has 19 heavy (non-hydrogen) atoms. The van der Waals surface area contributed by atoms with Crippen molar-refractivity contribution in [3.8, 4) is 0 Å². The van der Waals surface area contributed by atoms with E-state index in [1.807, 2.05) is 0 Å². The predicted molar refractivity (Wildman–Crippen MR) is 78.7 cm³/mol. The molecule has 0 spiro atoms. The third-order valence-electron chi connectivity index (χ3n) is 4.55. The zero-order valence-electron chi connectivity index (χ0n) is 13.0. The average molecular weight is 266 g/mol. The standard InChI is InChI=1S/C16H30N2O/c1-5-6-7-14-16(19)18(15(17-14)11(2)3)12(4)10-13-8-9-13/h11-15,17H,5-10H2,1-4H3. The first-order valence-electron chi connectivity index (χ1n) is 8.12. The maximum absolute atomic E-state index is 12.6. The third-order valence-corrected chi connectivity index (χ3v) is 4.55. The van der Waals surface area contributed by atoms with Gasteiger partial charge in [0, 0.05) is 6.04 Å². The van der Waals surface area contributed by atoms with Crippen LogP contribution >= 0.6 is 0 Å². The van der Waals surface area contributed by atoms with Gasteiger partial charge in [0.2, 0.25) is 5.91 Å². The normalized spacial score (nSPS) is 29.3. The van der Waals surface area contributed by atoms with Crippen LogP contribution in [0.1, 0.15) is 66.2 Å². The maximum atomic E-state index is 12.6. The predicted octanol–water partition coefficient (Wildman–Crippen LogP) is 3.15. The minimum atomic E-state index is 0.0639. The Morgan fingerprint density at radius 3 is 2.53 bits per heavy atom. The molecule has 3 unspecified atom stereocenters. The summed E-state index contributed by atoms with van der Waals surface area (Å²) in [7, 11) is 0. The molecular weight excluding hydrogens is 236 g/mol. The van der Waals surface area contributed by atoms with Gasteiger partial charge in [-0.15, -0.1) is 0 Å². The van der Waals surface area contributed by atoms with Crippen LogP contribution in [-0.2, 0) is 4.79 Å². The maximum Gasteiger partial charge on any atom is 0.241 e. The Labute approximate surface area is 118 Å². The molecule has 1 N–H and O–H groups in total. The fraction of sp³-hybridized carbons (Fsp3) is 0.938. The lowest BCUT2D eigenvalue weighted by molar-refractivity contribution is -0.132. The molecule has 3 heteroatoms. The molecule has 1 aliphatic carbocycles. The highest BCUT2D eigenvalue weighted by molar-refractivity contribution is 5.84. The van der Waals surface area contributed by atoms with Gasteiger partial charge in [-0.2, -0.15) is 0 Å². The fourth-order valence-corrected chi connectivity index (χ4v) is 3.24. The van der Waals surface area contributed by atoms with E-state index in [4.69, 9.17) is 0 Å². The number of carbonyl (C=O) groups excluding carboxylic acids is 1. The van der Waals surface area contributed by atoms with E-state index in [-0.39, 0.29) is 12.2 Å². The van der Waals surface area contributed by atoms with Crippen LogP contribution in [0.15, 0.2) is 0 Å². The quantitative estimate of drug-likeness (QED) is 0.768. The van der Waals surface area contributed by atoms with E-state index in [2.05, 4.69) is 37.9 Å². The summed E-state index contributed by atoms with van der Waals surface area (Å²) in [5.41, 5.74) is 0. The molecule has 0 aromatic heterocycles. The van der Waals surface area contributed by atoms with Crippen LogP contribution in [0.5, 0.6) is 0 Å². The highest BCUT2D eigenvalue weighted by Crippen LogP contribution is 2.36. The molecule has 2 rings (SSSR count). The molecular formula is C16H30N2O. The molecule has 1 heterocycles. The first-order valence-corrected chi connectivity index (χ1v) is 8.12. The molecule has 0 radical (unpaired) electrons. The second kappa shape index (κ2) is 6.25. The van der Waals surface area contributed by atoms with Gasteiger partial charge in [0.25, 0.3) is 0 Å². The largest absolute Gasteiger partial charge is 0.323 e. The molecule has 110 valence electrons. The van der Waals surface area contributed by atoms with Gasteiger partial charge in [-0.05, 0) is 31.6 Å². The second-order valence-electron chi connectivity index (χ2n) is 6.82. The Kier molecular flexibility index (Phi) is 4.88. The van der Waals surface area contributed by atoms with Crippen LogP contribution in [0.25, 0.3) is 0 Å². The van der Waals surface area contributed by atoms with E-state index >= 15 is 0 Å². The summed E-state index contributed by atoms with van der Waals surface area (Å²) in [6, 6.07) is 0.459. The van der Waals surface area contributed by atoms with Gasteiger partial charge in [0.1, 0.15) is 0 Å². The topological polar surface area (TPSA) is 32.3 Å². The molecule has 2 aliphatic rings. The van der Waals surface area contributed by atoms with Crippen molar-refractivity contribution in [2.24, 2.45) is 11.8 Å². The molecule has 1 amide bonds. The van der Waals surface area contributed by atoms with Crippen molar-refractivity contribution in [2.75, 3.05) is 0 Å². The van der Waals surface area contributed by atoms with E-state index in [0.717, 1.165) is 25.2 Å². The van der Waals surface area contributed by atoms with Crippen molar-refractivity contribution in [3.63, 3.8) is 0 Å². The van der Waals surface area contributed by atoms with Crippen molar-refractivity contribution >= 4 is 5.91 Å². The molecule has 1 aliphatic heterocycles. The number of nitrogens with zero attached hydrogens (tertiary/aromatic N) is 1. The Bertz CT molecular complexity index is 312. The van der Waals surface area contributed by atoms with Crippen LogP contribution in [0.3, 0.4) is 0 Å². The first-order chi connectivity index (χ1) is 9.04. The number of hydrogen-bond donors (Lipinski definition) is 1. The minimum Gasteiger partial charge on any atom is -0.323 e. The number of nitrogens with one attached hydrogen (secondary N) is 1. The zero-order chi connectivity index (χ0) is 14.0. The van der Waals surface area contributed by atoms with Crippen LogP contribution in [0.4, 0.5) is 0 Å². The van der Waals surface area contributed by atoms with Crippen molar-refractivity contribution in [1.82, 2.24) is 10.2 Å². The molecule has 1 saturated carbocycles. The van der Waals surface area contributed by atoms with Crippen LogP contribution in [-0.4, -0.2) is 29.1 Å². The lowest BCUT2D eigenvalue weighted by Crippen LogP contribution is -2.46. The van der Waals surface area contributed by atoms with E-state index in [1.165, 1.54) is 19.3 Å². The van der Waals surface area contributed by atoms with E-state index in [0.29, 0.717) is 17.9 Å². The minimum absolute atomic E-state index is 0.0639. The van der Waals surface area contributed by atoms with Gasteiger partial charge in [-0.25, -0.2) is 0 Å². The van der Waals surface area contributed by atoms with Crippen molar-refractivity contribution in [3.05, 3.63) is 0 Å². The fourth-order valence-electron chi connectivity index (χ4n) is 3.24. The van der Waals surface area contributed by atoms with Crippen LogP contribution in [0.2, 0.25) is 0 Å². The Morgan fingerprint density at radius 2 is 2.00 bits per heavy atom. The first kappa shape index (κ1) is 14.8. The molecule has 0 bridgehead atoms. The average Bonchev–Trinajstić information content (AvgIpc) is 3.09. The molecule has 0 aromatic carbocycles. The SMILES string of the molecule is CCCCC1NC(C(C)C)N(C(C)CC2CC2)C1=O. The summed E-state index contributed by atoms with van der Waals surface area (Å²) in [6.07, 6.45) is 7.45. The molecule has 2 fully saturated rings. The smallest absolute Gasteiger partial charge is 0.241 e. The monoisotopic (exact) mass is 266 g/mol. The number of amides is 1. The van der Waals surface area contributed by atoms with Gasteiger partial charge >= 0.3 is 0 Å². The summed E-state index contributed by atoms with van der Waals surface area (Å²) < 4.78 is 0. The van der Waals surface area contributed by atoms with Gasteiger partial charge in [-0.3, -0.25) is 10.1 Å². The third kappa shape index (κ3) is 3.50.